The molecule has 1 saturated heterocycles. The van der Waals surface area contributed by atoms with Gasteiger partial charge in [0.1, 0.15) is 10.6 Å². The molecule has 1 fully saturated rings. The van der Waals surface area contributed by atoms with Crippen LogP contribution in [0.5, 0.6) is 5.75 Å². The molecule has 3 N–H and O–H groups in total. The Balaban J connectivity index is 1.62. The summed E-state index contributed by atoms with van der Waals surface area (Å²) in [5, 5.41) is 6.71. The first-order chi connectivity index (χ1) is 14.4. The summed E-state index contributed by atoms with van der Waals surface area (Å²) in [6.07, 6.45) is 2.31. The summed E-state index contributed by atoms with van der Waals surface area (Å²) >= 11 is 8.61. The second-order valence-electron chi connectivity index (χ2n) is 6.68. The molecule has 0 saturated carbocycles. The zero-order valence-corrected chi connectivity index (χ0v) is 19.7. The van der Waals surface area contributed by atoms with Gasteiger partial charge in [0.25, 0.3) is 10.0 Å². The van der Waals surface area contributed by atoms with Crippen LogP contribution in [-0.2, 0) is 14.8 Å². The Morgan fingerprint density at radius 3 is 2.63 bits per heavy atom. The maximum absolute atomic E-state index is 12.9. The van der Waals surface area contributed by atoms with Gasteiger partial charge in [-0.1, -0.05) is 15.9 Å². The van der Waals surface area contributed by atoms with E-state index in [0.717, 1.165) is 25.1 Å². The van der Waals surface area contributed by atoms with E-state index in [9.17, 15) is 8.42 Å². The summed E-state index contributed by atoms with van der Waals surface area (Å²) in [6.45, 7) is 3.64. The van der Waals surface area contributed by atoms with E-state index in [1.54, 1.807) is 43.3 Å². The van der Waals surface area contributed by atoms with E-state index in [2.05, 4.69) is 31.3 Å². The molecule has 1 atom stereocenters. The molecule has 0 amide bonds. The molecule has 1 aliphatic rings. The Morgan fingerprint density at radius 1 is 1.23 bits per heavy atom. The SMILES string of the molecule is CCOc1ccc(Br)cc1S(=O)(=O)Nc1ccc(NC(=S)NC[C@H]2CCCO2)cc1. The number of thiocarbonyl (C=S) groups is 1. The van der Waals surface area contributed by atoms with E-state index in [1.807, 2.05) is 0 Å². The summed E-state index contributed by atoms with van der Waals surface area (Å²) < 4.78 is 40.0. The Labute approximate surface area is 190 Å². The van der Waals surface area contributed by atoms with Gasteiger partial charge in [-0.2, -0.15) is 0 Å². The molecular weight excluding hydrogens is 490 g/mol. The third-order valence-electron chi connectivity index (χ3n) is 4.40. The van der Waals surface area contributed by atoms with Gasteiger partial charge >= 0.3 is 0 Å². The number of ether oxygens (including phenoxy) is 2. The van der Waals surface area contributed by atoms with Crippen LogP contribution in [0.4, 0.5) is 11.4 Å². The fraction of sp³-hybridized carbons (Fsp3) is 0.350. The lowest BCUT2D eigenvalue weighted by atomic mass is 10.2. The third kappa shape index (κ3) is 6.31. The van der Waals surface area contributed by atoms with Gasteiger partial charge < -0.3 is 20.1 Å². The van der Waals surface area contributed by atoms with Gasteiger partial charge in [-0.3, -0.25) is 4.72 Å². The molecule has 2 aromatic rings. The average Bonchev–Trinajstić information content (AvgIpc) is 3.23. The van der Waals surface area contributed by atoms with Gasteiger partial charge in [-0.15, -0.1) is 0 Å². The van der Waals surface area contributed by atoms with Crippen LogP contribution < -0.4 is 20.1 Å². The van der Waals surface area contributed by atoms with Crippen molar-refractivity contribution in [1.82, 2.24) is 5.32 Å². The van der Waals surface area contributed by atoms with Crippen LogP contribution in [0.3, 0.4) is 0 Å². The van der Waals surface area contributed by atoms with E-state index in [-0.39, 0.29) is 11.0 Å². The van der Waals surface area contributed by atoms with Gasteiger partial charge in [-0.25, -0.2) is 8.42 Å². The Bertz CT molecular complexity index is 978. The van der Waals surface area contributed by atoms with Crippen LogP contribution in [0.25, 0.3) is 0 Å². The minimum atomic E-state index is -3.82. The van der Waals surface area contributed by atoms with Crippen molar-refractivity contribution < 1.29 is 17.9 Å². The van der Waals surface area contributed by atoms with Crippen LogP contribution in [0.2, 0.25) is 0 Å². The number of nitrogens with one attached hydrogen (secondary N) is 3. The standard InChI is InChI=1S/C20H24BrN3O4S2/c1-2-27-18-10-5-14(21)12-19(18)30(25,26)24-16-8-6-15(7-9-16)23-20(29)22-13-17-4-3-11-28-17/h5-10,12,17,24H,2-4,11,13H2,1H3,(H2,22,23,29)/t17-/m1/s1. The lowest BCUT2D eigenvalue weighted by Gasteiger charge is -2.15. The molecular formula is C20H24BrN3O4S2. The largest absolute Gasteiger partial charge is 0.492 e. The molecule has 0 radical (unpaired) electrons. The maximum Gasteiger partial charge on any atom is 0.265 e. The number of halogens is 1. The van der Waals surface area contributed by atoms with Crippen LogP contribution >= 0.6 is 28.1 Å². The molecule has 0 unspecified atom stereocenters. The number of anilines is 2. The minimum Gasteiger partial charge on any atom is -0.492 e. The summed E-state index contributed by atoms with van der Waals surface area (Å²) in [5.41, 5.74) is 1.18. The molecule has 1 heterocycles. The molecule has 162 valence electrons. The Kier molecular flexibility index (Phi) is 7.93. The molecule has 2 aromatic carbocycles. The summed E-state index contributed by atoms with van der Waals surface area (Å²) in [6, 6.07) is 11.7. The molecule has 10 heteroatoms. The molecule has 3 rings (SSSR count). The molecule has 0 bridgehead atoms. The van der Waals surface area contributed by atoms with Crippen molar-refractivity contribution in [3.63, 3.8) is 0 Å². The van der Waals surface area contributed by atoms with Gasteiger partial charge in [0, 0.05) is 29.0 Å². The van der Waals surface area contributed by atoms with Crippen molar-refractivity contribution in [2.24, 2.45) is 0 Å². The molecule has 0 spiro atoms. The fourth-order valence-corrected chi connectivity index (χ4v) is 4.93. The molecule has 0 aromatic heterocycles. The monoisotopic (exact) mass is 513 g/mol. The van der Waals surface area contributed by atoms with Crippen LogP contribution in [0.15, 0.2) is 51.8 Å². The van der Waals surface area contributed by atoms with Crippen molar-refractivity contribution in [2.45, 2.75) is 30.8 Å². The van der Waals surface area contributed by atoms with Crippen molar-refractivity contribution in [3.05, 3.63) is 46.9 Å². The maximum atomic E-state index is 12.9. The van der Waals surface area contributed by atoms with Crippen molar-refractivity contribution in [2.75, 3.05) is 29.8 Å². The highest BCUT2D eigenvalue weighted by molar-refractivity contribution is 9.10. The van der Waals surface area contributed by atoms with Gasteiger partial charge in [-0.05, 0) is 74.4 Å². The fourth-order valence-electron chi connectivity index (χ4n) is 2.99. The predicted molar refractivity (Wildman–Crippen MR) is 126 cm³/mol. The molecule has 0 aliphatic carbocycles. The first kappa shape index (κ1) is 22.8. The number of rotatable bonds is 8. The lowest BCUT2D eigenvalue weighted by molar-refractivity contribution is 0.114. The topological polar surface area (TPSA) is 88.7 Å². The number of benzene rings is 2. The van der Waals surface area contributed by atoms with Crippen LogP contribution in [0, 0.1) is 0 Å². The van der Waals surface area contributed by atoms with Crippen molar-refractivity contribution in [1.29, 1.82) is 0 Å². The summed E-state index contributed by atoms with van der Waals surface area (Å²) in [4.78, 5) is 0.0698. The highest BCUT2D eigenvalue weighted by Gasteiger charge is 2.20. The second kappa shape index (κ2) is 10.4. The van der Waals surface area contributed by atoms with E-state index in [4.69, 9.17) is 21.7 Å². The summed E-state index contributed by atoms with van der Waals surface area (Å²) in [7, 11) is -3.82. The number of sulfonamides is 1. The van der Waals surface area contributed by atoms with E-state index in [0.29, 0.717) is 34.2 Å². The van der Waals surface area contributed by atoms with Crippen LogP contribution in [0.1, 0.15) is 19.8 Å². The van der Waals surface area contributed by atoms with E-state index < -0.39 is 10.0 Å². The van der Waals surface area contributed by atoms with E-state index in [1.165, 1.54) is 6.07 Å². The van der Waals surface area contributed by atoms with Gasteiger partial charge in [0.05, 0.1) is 12.7 Å². The molecule has 30 heavy (non-hydrogen) atoms. The van der Waals surface area contributed by atoms with Crippen molar-refractivity contribution in [3.8, 4) is 5.75 Å². The van der Waals surface area contributed by atoms with Gasteiger partial charge in [0.15, 0.2) is 5.11 Å². The first-order valence-electron chi connectivity index (χ1n) is 9.59. The first-order valence-corrected chi connectivity index (χ1v) is 12.3. The lowest BCUT2D eigenvalue weighted by Crippen LogP contribution is -2.34. The Hall–Kier alpha value is -1.88. The average molecular weight is 514 g/mol. The Morgan fingerprint density at radius 2 is 1.97 bits per heavy atom. The normalized spacial score (nSPS) is 16.1. The predicted octanol–water partition coefficient (Wildman–Crippen LogP) is 4.11. The highest BCUT2D eigenvalue weighted by atomic mass is 79.9. The number of hydrogen-bond acceptors (Lipinski definition) is 5. The zero-order valence-electron chi connectivity index (χ0n) is 16.5. The van der Waals surface area contributed by atoms with Crippen molar-refractivity contribution >= 4 is 54.7 Å². The molecule has 7 nitrogen and oxygen atoms in total. The quantitative estimate of drug-likeness (QED) is 0.457. The third-order valence-corrected chi connectivity index (χ3v) is 6.55. The highest BCUT2D eigenvalue weighted by Crippen LogP contribution is 2.29. The van der Waals surface area contributed by atoms with Gasteiger partial charge in [0.2, 0.25) is 0 Å². The smallest absolute Gasteiger partial charge is 0.265 e. The second-order valence-corrected chi connectivity index (χ2v) is 9.65. The zero-order chi connectivity index (χ0) is 21.6. The minimum absolute atomic E-state index is 0.0698. The van der Waals surface area contributed by atoms with Crippen LogP contribution in [-0.4, -0.2) is 39.4 Å². The number of hydrogen-bond donors (Lipinski definition) is 3. The van der Waals surface area contributed by atoms with E-state index >= 15 is 0 Å². The molecule has 1 aliphatic heterocycles. The summed E-state index contributed by atoms with van der Waals surface area (Å²) in [5.74, 6) is 0.300.